The van der Waals surface area contributed by atoms with E-state index in [-0.39, 0.29) is 17.9 Å². The van der Waals surface area contributed by atoms with Crippen LogP contribution in [0.4, 0.5) is 22.0 Å². The summed E-state index contributed by atoms with van der Waals surface area (Å²) in [7, 11) is 0. The Labute approximate surface area is 107 Å². The van der Waals surface area contributed by atoms with Gasteiger partial charge >= 0.3 is 12.1 Å². The van der Waals surface area contributed by atoms with Gasteiger partial charge in [0.2, 0.25) is 5.78 Å². The summed E-state index contributed by atoms with van der Waals surface area (Å²) >= 11 is 0. The first-order valence-corrected chi connectivity index (χ1v) is 5.64. The average molecular weight is 280 g/mol. The summed E-state index contributed by atoms with van der Waals surface area (Å²) in [6.07, 6.45) is -5.62. The molecule has 6 heteroatoms. The quantitative estimate of drug-likeness (QED) is 0.594. The summed E-state index contributed by atoms with van der Waals surface area (Å²) in [5.74, 6) is -7.52. The third-order valence-electron chi connectivity index (χ3n) is 2.53. The lowest BCUT2D eigenvalue weighted by Crippen LogP contribution is -2.44. The van der Waals surface area contributed by atoms with Crippen LogP contribution in [0.15, 0.2) is 24.3 Å². The molecule has 0 bridgehead atoms. The van der Waals surface area contributed by atoms with Crippen LogP contribution in [-0.4, -0.2) is 17.9 Å². The molecule has 106 valence electrons. The zero-order chi connectivity index (χ0) is 14.8. The van der Waals surface area contributed by atoms with Gasteiger partial charge in [-0.25, -0.2) is 0 Å². The highest BCUT2D eigenvalue weighted by molar-refractivity contribution is 6.03. The lowest BCUT2D eigenvalue weighted by Gasteiger charge is -2.20. The Morgan fingerprint density at radius 1 is 1.11 bits per heavy atom. The van der Waals surface area contributed by atoms with Gasteiger partial charge in [0.15, 0.2) is 0 Å². The van der Waals surface area contributed by atoms with E-state index >= 15 is 0 Å². The molecule has 0 fully saturated rings. The van der Waals surface area contributed by atoms with Gasteiger partial charge in [-0.3, -0.25) is 4.79 Å². The highest BCUT2D eigenvalue weighted by atomic mass is 19.4. The van der Waals surface area contributed by atoms with Crippen LogP contribution in [0.1, 0.15) is 29.8 Å². The van der Waals surface area contributed by atoms with Crippen LogP contribution >= 0.6 is 0 Å². The molecule has 0 amide bonds. The molecule has 0 radical (unpaired) electrons. The number of ketones is 1. The van der Waals surface area contributed by atoms with Gasteiger partial charge in [0.1, 0.15) is 0 Å². The van der Waals surface area contributed by atoms with Gasteiger partial charge in [-0.2, -0.15) is 22.0 Å². The Hall–Kier alpha value is -1.46. The number of Topliss-reactive ketones (excluding diaryl/α,β-unsaturated/α-hetero) is 1. The second-order valence-corrected chi connectivity index (χ2v) is 4.66. The van der Waals surface area contributed by atoms with Crippen LogP contribution in [0.5, 0.6) is 0 Å². The molecule has 0 atom stereocenters. The molecule has 0 spiro atoms. The number of halogens is 5. The molecule has 1 nitrogen and oxygen atoms in total. The van der Waals surface area contributed by atoms with Crippen molar-refractivity contribution in [2.24, 2.45) is 5.92 Å². The van der Waals surface area contributed by atoms with E-state index < -0.39 is 23.4 Å². The lowest BCUT2D eigenvalue weighted by molar-refractivity contribution is -0.255. The Kier molecular flexibility index (Phi) is 4.32. The van der Waals surface area contributed by atoms with Crippen LogP contribution in [0.3, 0.4) is 0 Å². The van der Waals surface area contributed by atoms with E-state index in [0.717, 1.165) is 6.07 Å². The zero-order valence-electron chi connectivity index (χ0n) is 10.4. The molecule has 0 aliphatic carbocycles. The molecule has 0 heterocycles. The highest BCUT2D eigenvalue weighted by Gasteiger charge is 2.63. The summed E-state index contributed by atoms with van der Waals surface area (Å²) in [6.45, 7) is 3.56. The first-order valence-electron chi connectivity index (χ1n) is 5.64. The number of hydrogen-bond donors (Lipinski definition) is 0. The number of benzene rings is 1. The molecule has 0 unspecified atom stereocenters. The third kappa shape index (κ3) is 3.30. The first kappa shape index (κ1) is 15.6. The largest absolute Gasteiger partial charge is 0.461 e. The maximum absolute atomic E-state index is 13.1. The molecule has 0 N–H and O–H groups in total. The monoisotopic (exact) mass is 280 g/mol. The average Bonchev–Trinajstić information content (AvgIpc) is 2.26. The van der Waals surface area contributed by atoms with E-state index in [1.807, 2.05) is 0 Å². The van der Waals surface area contributed by atoms with E-state index in [4.69, 9.17) is 0 Å². The van der Waals surface area contributed by atoms with Crippen molar-refractivity contribution < 1.29 is 26.7 Å². The molecule has 0 aliphatic heterocycles. The minimum absolute atomic E-state index is 0.0356. The van der Waals surface area contributed by atoms with Gasteiger partial charge in [-0.15, -0.1) is 0 Å². The summed E-state index contributed by atoms with van der Waals surface area (Å²) in [4.78, 5) is 11.4. The molecule has 0 aromatic heterocycles. The summed E-state index contributed by atoms with van der Waals surface area (Å²) in [5.41, 5.74) is -0.370. The Morgan fingerprint density at radius 2 is 1.63 bits per heavy atom. The molecular formula is C13H13F5O. The fourth-order valence-electron chi connectivity index (χ4n) is 1.66. The number of alkyl halides is 5. The van der Waals surface area contributed by atoms with Gasteiger partial charge in [0.25, 0.3) is 0 Å². The van der Waals surface area contributed by atoms with E-state index in [0.29, 0.717) is 0 Å². The standard InChI is InChI=1S/C13H13F5O/c1-8(2)7-9-5-3-4-6-10(9)11(19)12(14,15)13(16,17)18/h3-6,8H,7H2,1-2H3. The van der Waals surface area contributed by atoms with Gasteiger partial charge in [-0.1, -0.05) is 38.1 Å². The maximum atomic E-state index is 13.1. The van der Waals surface area contributed by atoms with E-state index in [2.05, 4.69) is 0 Å². The van der Waals surface area contributed by atoms with Crippen LogP contribution in [-0.2, 0) is 6.42 Å². The fourth-order valence-corrected chi connectivity index (χ4v) is 1.66. The molecule has 1 aromatic carbocycles. The minimum atomic E-state index is -5.88. The number of carbonyl (C=O) groups excluding carboxylic acids is 1. The van der Waals surface area contributed by atoms with Crippen molar-refractivity contribution >= 4 is 5.78 Å². The maximum Gasteiger partial charge on any atom is 0.461 e. The highest BCUT2D eigenvalue weighted by Crippen LogP contribution is 2.38. The van der Waals surface area contributed by atoms with Crippen LogP contribution in [0, 0.1) is 5.92 Å². The Morgan fingerprint density at radius 3 is 2.11 bits per heavy atom. The number of hydrogen-bond acceptors (Lipinski definition) is 1. The predicted molar refractivity (Wildman–Crippen MR) is 60.3 cm³/mol. The van der Waals surface area contributed by atoms with Crippen LogP contribution < -0.4 is 0 Å². The van der Waals surface area contributed by atoms with Crippen molar-refractivity contribution in [2.75, 3.05) is 0 Å². The van der Waals surface area contributed by atoms with Crippen molar-refractivity contribution in [3.05, 3.63) is 35.4 Å². The number of carbonyl (C=O) groups is 1. The lowest BCUT2D eigenvalue weighted by atomic mass is 9.93. The second-order valence-electron chi connectivity index (χ2n) is 4.66. The van der Waals surface area contributed by atoms with Gasteiger partial charge in [0.05, 0.1) is 0 Å². The van der Waals surface area contributed by atoms with E-state index in [1.165, 1.54) is 18.2 Å². The van der Waals surface area contributed by atoms with Crippen molar-refractivity contribution in [3.8, 4) is 0 Å². The molecule has 0 saturated carbocycles. The van der Waals surface area contributed by atoms with Crippen molar-refractivity contribution in [2.45, 2.75) is 32.4 Å². The minimum Gasteiger partial charge on any atom is -0.287 e. The van der Waals surface area contributed by atoms with Gasteiger partial charge in [-0.05, 0) is 17.9 Å². The van der Waals surface area contributed by atoms with Gasteiger partial charge < -0.3 is 0 Å². The molecule has 19 heavy (non-hydrogen) atoms. The SMILES string of the molecule is CC(C)Cc1ccccc1C(=O)C(F)(F)C(F)(F)F. The van der Waals surface area contributed by atoms with Crippen molar-refractivity contribution in [1.82, 2.24) is 0 Å². The Bertz CT molecular complexity index is 462. The summed E-state index contributed by atoms with van der Waals surface area (Å²) in [6, 6.07) is 5.16. The topological polar surface area (TPSA) is 17.1 Å². The molecule has 1 aromatic rings. The normalized spacial score (nSPS) is 12.8. The third-order valence-corrected chi connectivity index (χ3v) is 2.53. The van der Waals surface area contributed by atoms with Gasteiger partial charge in [0, 0.05) is 5.56 Å². The molecule has 1 rings (SSSR count). The first-order chi connectivity index (χ1) is 8.57. The van der Waals surface area contributed by atoms with E-state index in [9.17, 15) is 26.7 Å². The van der Waals surface area contributed by atoms with Crippen LogP contribution in [0.2, 0.25) is 0 Å². The summed E-state index contributed by atoms with van der Waals surface area (Å²) in [5, 5.41) is 0. The van der Waals surface area contributed by atoms with Crippen molar-refractivity contribution in [1.29, 1.82) is 0 Å². The molecule has 0 aliphatic rings. The van der Waals surface area contributed by atoms with Crippen molar-refractivity contribution in [3.63, 3.8) is 0 Å². The molecular weight excluding hydrogens is 267 g/mol. The molecule has 0 saturated heterocycles. The smallest absolute Gasteiger partial charge is 0.287 e. The second kappa shape index (κ2) is 5.27. The fraction of sp³-hybridized carbons (Fsp3) is 0.462. The predicted octanol–water partition coefficient (Wildman–Crippen LogP) is 4.27. The van der Waals surface area contributed by atoms with Crippen LogP contribution in [0.25, 0.3) is 0 Å². The Balaban J connectivity index is 3.20. The number of rotatable bonds is 4. The zero-order valence-corrected chi connectivity index (χ0v) is 10.4. The summed E-state index contributed by atoms with van der Waals surface area (Å²) < 4.78 is 62.7. The van der Waals surface area contributed by atoms with E-state index in [1.54, 1.807) is 13.8 Å².